The van der Waals surface area contributed by atoms with E-state index in [4.69, 9.17) is 10.5 Å². The van der Waals surface area contributed by atoms with Gasteiger partial charge in [-0.1, -0.05) is 13.8 Å². The quantitative estimate of drug-likeness (QED) is 0.648. The number of rotatable bonds is 5. The van der Waals surface area contributed by atoms with Gasteiger partial charge in [0.25, 0.3) is 0 Å². The molecule has 3 nitrogen and oxygen atoms in total. The van der Waals surface area contributed by atoms with Crippen LogP contribution in [-0.2, 0) is 9.53 Å². The van der Waals surface area contributed by atoms with Crippen molar-refractivity contribution in [1.82, 2.24) is 0 Å². The van der Waals surface area contributed by atoms with Gasteiger partial charge in [0.05, 0.1) is 12.0 Å². The molecule has 0 aliphatic heterocycles. The molecule has 0 aliphatic carbocycles. The average Bonchev–Trinajstić information content (AvgIpc) is 2.00. The van der Waals surface area contributed by atoms with Crippen molar-refractivity contribution < 1.29 is 9.53 Å². The number of ether oxygens (including phenoxy) is 1. The zero-order valence-corrected chi connectivity index (χ0v) is 7.52. The summed E-state index contributed by atoms with van der Waals surface area (Å²) >= 11 is 0. The molecule has 0 aromatic heterocycles. The molecule has 0 saturated carbocycles. The number of hydrogen-bond acceptors (Lipinski definition) is 2. The summed E-state index contributed by atoms with van der Waals surface area (Å²) in [6.07, 6.45) is 1.49. The van der Waals surface area contributed by atoms with Crippen LogP contribution in [0.2, 0.25) is 0 Å². The molecule has 2 N–H and O–H groups in total. The van der Waals surface area contributed by atoms with Gasteiger partial charge in [0, 0.05) is 7.11 Å². The van der Waals surface area contributed by atoms with Gasteiger partial charge >= 0.3 is 0 Å². The molecular weight excluding hydrogens is 142 g/mol. The lowest BCUT2D eigenvalue weighted by molar-refractivity contribution is -0.131. The second kappa shape index (κ2) is 4.34. The standard InChI is InChI=1S/C8H17NO2/c1-4-8(5-2,6-11-3)7(9)10/h4-6H2,1-3H3,(H2,9,10). The van der Waals surface area contributed by atoms with Crippen LogP contribution in [0.1, 0.15) is 26.7 Å². The Morgan fingerprint density at radius 2 is 1.91 bits per heavy atom. The molecule has 0 atom stereocenters. The van der Waals surface area contributed by atoms with Crippen molar-refractivity contribution in [2.75, 3.05) is 13.7 Å². The van der Waals surface area contributed by atoms with Gasteiger partial charge in [-0.3, -0.25) is 4.79 Å². The van der Waals surface area contributed by atoms with Gasteiger partial charge in [0.2, 0.25) is 5.91 Å². The molecule has 3 heteroatoms. The van der Waals surface area contributed by atoms with Crippen molar-refractivity contribution in [3.8, 4) is 0 Å². The normalized spacial score (nSPS) is 11.5. The second-order valence-corrected chi connectivity index (χ2v) is 2.78. The number of primary amides is 1. The Labute approximate surface area is 67.9 Å². The Kier molecular flexibility index (Phi) is 4.11. The lowest BCUT2D eigenvalue weighted by atomic mass is 9.82. The van der Waals surface area contributed by atoms with Gasteiger partial charge in [0.1, 0.15) is 0 Å². The summed E-state index contributed by atoms with van der Waals surface area (Å²) in [6.45, 7) is 4.33. The molecule has 66 valence electrons. The molecule has 0 aromatic carbocycles. The zero-order chi connectivity index (χ0) is 8.91. The molecular formula is C8H17NO2. The highest BCUT2D eigenvalue weighted by atomic mass is 16.5. The Balaban J connectivity index is 4.32. The predicted molar refractivity (Wildman–Crippen MR) is 44.1 cm³/mol. The Hall–Kier alpha value is -0.570. The number of amides is 1. The van der Waals surface area contributed by atoms with Crippen molar-refractivity contribution >= 4 is 5.91 Å². The van der Waals surface area contributed by atoms with E-state index in [-0.39, 0.29) is 5.91 Å². The van der Waals surface area contributed by atoms with Crippen LogP contribution in [0.3, 0.4) is 0 Å². The topological polar surface area (TPSA) is 52.3 Å². The monoisotopic (exact) mass is 159 g/mol. The summed E-state index contributed by atoms with van der Waals surface area (Å²) in [7, 11) is 1.59. The van der Waals surface area contributed by atoms with E-state index in [1.807, 2.05) is 13.8 Å². The van der Waals surface area contributed by atoms with Crippen LogP contribution in [-0.4, -0.2) is 19.6 Å². The van der Waals surface area contributed by atoms with Crippen LogP contribution < -0.4 is 5.73 Å². The van der Waals surface area contributed by atoms with Gasteiger partial charge in [-0.05, 0) is 12.8 Å². The molecule has 0 heterocycles. The Bertz CT molecular complexity index is 130. The molecule has 0 fully saturated rings. The molecule has 0 bridgehead atoms. The van der Waals surface area contributed by atoms with Crippen molar-refractivity contribution in [3.63, 3.8) is 0 Å². The number of nitrogens with two attached hydrogens (primary N) is 1. The van der Waals surface area contributed by atoms with Crippen LogP contribution in [0.25, 0.3) is 0 Å². The van der Waals surface area contributed by atoms with Gasteiger partial charge in [-0.2, -0.15) is 0 Å². The van der Waals surface area contributed by atoms with E-state index >= 15 is 0 Å². The first-order valence-corrected chi connectivity index (χ1v) is 3.91. The number of hydrogen-bond donors (Lipinski definition) is 1. The zero-order valence-electron chi connectivity index (χ0n) is 7.52. The third-order valence-electron chi connectivity index (χ3n) is 2.30. The maximum atomic E-state index is 11.0. The van der Waals surface area contributed by atoms with Crippen molar-refractivity contribution in [3.05, 3.63) is 0 Å². The fourth-order valence-corrected chi connectivity index (χ4v) is 1.15. The molecule has 0 saturated heterocycles. The average molecular weight is 159 g/mol. The molecule has 0 spiro atoms. The van der Waals surface area contributed by atoms with E-state index in [2.05, 4.69) is 0 Å². The van der Waals surface area contributed by atoms with E-state index in [0.29, 0.717) is 6.61 Å². The van der Waals surface area contributed by atoms with Crippen LogP contribution >= 0.6 is 0 Å². The lowest BCUT2D eigenvalue weighted by Gasteiger charge is -2.26. The predicted octanol–water partition coefficient (Wildman–Crippen LogP) is 0.924. The molecule has 0 radical (unpaired) electrons. The fraction of sp³-hybridized carbons (Fsp3) is 0.875. The maximum absolute atomic E-state index is 11.0. The SMILES string of the molecule is CCC(CC)(COC)C(N)=O. The van der Waals surface area contributed by atoms with Crippen molar-refractivity contribution in [2.24, 2.45) is 11.1 Å². The molecule has 0 unspecified atom stereocenters. The summed E-state index contributed by atoms with van der Waals surface area (Å²) in [6, 6.07) is 0. The number of carbonyl (C=O) groups excluding carboxylic acids is 1. The fourth-order valence-electron chi connectivity index (χ4n) is 1.15. The van der Waals surface area contributed by atoms with E-state index < -0.39 is 5.41 Å². The third kappa shape index (κ3) is 2.19. The number of carbonyl (C=O) groups is 1. The first kappa shape index (κ1) is 10.4. The van der Waals surface area contributed by atoms with E-state index in [1.165, 1.54) is 0 Å². The highest BCUT2D eigenvalue weighted by Crippen LogP contribution is 2.25. The van der Waals surface area contributed by atoms with Crippen LogP contribution in [0, 0.1) is 5.41 Å². The molecule has 1 amide bonds. The number of methoxy groups -OCH3 is 1. The summed E-state index contributed by atoms with van der Waals surface area (Å²) in [5.41, 5.74) is 4.81. The molecule has 0 aromatic rings. The molecule has 0 aliphatic rings. The van der Waals surface area contributed by atoms with E-state index in [1.54, 1.807) is 7.11 Å². The Morgan fingerprint density at radius 1 is 1.45 bits per heavy atom. The van der Waals surface area contributed by atoms with Gasteiger partial charge in [-0.15, -0.1) is 0 Å². The minimum absolute atomic E-state index is 0.260. The van der Waals surface area contributed by atoms with Gasteiger partial charge in [0.15, 0.2) is 0 Å². The first-order chi connectivity index (χ1) is 5.13. The molecule has 11 heavy (non-hydrogen) atoms. The Morgan fingerprint density at radius 3 is 2.00 bits per heavy atom. The van der Waals surface area contributed by atoms with Gasteiger partial charge in [-0.25, -0.2) is 0 Å². The van der Waals surface area contributed by atoms with Crippen LogP contribution in [0.15, 0.2) is 0 Å². The van der Waals surface area contributed by atoms with Gasteiger partial charge < -0.3 is 10.5 Å². The molecule has 0 rings (SSSR count). The first-order valence-electron chi connectivity index (χ1n) is 3.91. The highest BCUT2D eigenvalue weighted by Gasteiger charge is 2.32. The summed E-state index contributed by atoms with van der Waals surface area (Å²) in [5.74, 6) is -0.260. The van der Waals surface area contributed by atoms with Crippen molar-refractivity contribution in [2.45, 2.75) is 26.7 Å². The smallest absolute Gasteiger partial charge is 0.225 e. The van der Waals surface area contributed by atoms with E-state index in [0.717, 1.165) is 12.8 Å². The largest absolute Gasteiger partial charge is 0.384 e. The highest BCUT2D eigenvalue weighted by molar-refractivity contribution is 5.80. The summed E-state index contributed by atoms with van der Waals surface area (Å²) < 4.78 is 4.95. The minimum Gasteiger partial charge on any atom is -0.384 e. The van der Waals surface area contributed by atoms with Crippen LogP contribution in [0.5, 0.6) is 0 Å². The maximum Gasteiger partial charge on any atom is 0.225 e. The lowest BCUT2D eigenvalue weighted by Crippen LogP contribution is -2.39. The summed E-state index contributed by atoms with van der Waals surface area (Å²) in [4.78, 5) is 11.0. The van der Waals surface area contributed by atoms with Crippen LogP contribution in [0.4, 0.5) is 0 Å². The van der Waals surface area contributed by atoms with Crippen molar-refractivity contribution in [1.29, 1.82) is 0 Å². The second-order valence-electron chi connectivity index (χ2n) is 2.78. The third-order valence-corrected chi connectivity index (χ3v) is 2.30. The summed E-state index contributed by atoms with van der Waals surface area (Å²) in [5, 5.41) is 0. The van der Waals surface area contributed by atoms with E-state index in [9.17, 15) is 4.79 Å². The minimum atomic E-state index is -0.450.